The van der Waals surface area contributed by atoms with Gasteiger partial charge in [0.15, 0.2) is 6.35 Å². The first-order valence-electron chi connectivity index (χ1n) is 10.3. The van der Waals surface area contributed by atoms with E-state index in [1.54, 1.807) is 13.8 Å². The molecule has 1 aromatic rings. The van der Waals surface area contributed by atoms with E-state index in [-0.39, 0.29) is 18.4 Å². The monoisotopic (exact) mass is 412 g/mol. The molecule has 0 unspecified atom stereocenters. The minimum absolute atomic E-state index is 0.102. The van der Waals surface area contributed by atoms with Crippen LogP contribution in [0.5, 0.6) is 5.75 Å². The molecule has 1 rings (SSSR count). The summed E-state index contributed by atoms with van der Waals surface area (Å²) in [6, 6.07) is 7.56. The number of rotatable bonds is 14. The number of aliphatic hydroxyl groups is 1. The molecular formula is C22H37O5P. The fraction of sp³-hybridized carbons (Fsp3) is 0.636. The Morgan fingerprint density at radius 2 is 1.61 bits per heavy atom. The van der Waals surface area contributed by atoms with Gasteiger partial charge in [0.1, 0.15) is 5.75 Å². The number of hydrogen-bond donors (Lipinski definition) is 1. The molecule has 0 bridgehead atoms. The fourth-order valence-electron chi connectivity index (χ4n) is 3.13. The van der Waals surface area contributed by atoms with Gasteiger partial charge in [-0.15, -0.1) is 0 Å². The predicted octanol–water partition coefficient (Wildman–Crippen LogP) is 6.13. The molecule has 0 amide bonds. The van der Waals surface area contributed by atoms with Crippen LogP contribution in [-0.2, 0) is 13.6 Å². The Morgan fingerprint density at radius 3 is 2.11 bits per heavy atom. The van der Waals surface area contributed by atoms with E-state index in [4.69, 9.17) is 13.8 Å². The molecule has 0 aliphatic carbocycles. The minimum atomic E-state index is -3.21. The summed E-state index contributed by atoms with van der Waals surface area (Å²) in [4.78, 5) is 0. The smallest absolute Gasteiger partial charge is 0.367 e. The van der Waals surface area contributed by atoms with Gasteiger partial charge >= 0.3 is 7.60 Å². The molecule has 1 aromatic carbocycles. The summed E-state index contributed by atoms with van der Waals surface area (Å²) in [7, 11) is -3.21. The Balaban J connectivity index is 2.56. The number of ether oxygens (including phenoxy) is 1. The van der Waals surface area contributed by atoms with Gasteiger partial charge < -0.3 is 18.9 Å². The Bertz CT molecular complexity index is 600. The van der Waals surface area contributed by atoms with Crippen molar-refractivity contribution in [2.45, 2.75) is 60.0 Å². The normalized spacial score (nSPS) is 14.5. The molecule has 0 spiro atoms. The lowest BCUT2D eigenvalue weighted by molar-refractivity contribution is 0.0547. The van der Waals surface area contributed by atoms with Crippen molar-refractivity contribution in [3.05, 3.63) is 35.9 Å². The molecule has 0 saturated heterocycles. The fourth-order valence-corrected chi connectivity index (χ4v) is 4.45. The molecule has 5 nitrogen and oxygen atoms in total. The van der Waals surface area contributed by atoms with Crippen LogP contribution in [0.25, 0.3) is 6.08 Å². The maximum atomic E-state index is 12.4. The molecule has 0 fully saturated rings. The molecule has 6 heteroatoms. The quantitative estimate of drug-likeness (QED) is 0.373. The van der Waals surface area contributed by atoms with Gasteiger partial charge in [0.2, 0.25) is 0 Å². The lowest BCUT2D eigenvalue weighted by atomic mass is 9.86. The number of allylic oxidation sites excluding steroid dienone is 1. The van der Waals surface area contributed by atoms with Crippen LogP contribution in [0.3, 0.4) is 0 Å². The van der Waals surface area contributed by atoms with E-state index >= 15 is 0 Å². The molecule has 1 N–H and O–H groups in total. The van der Waals surface area contributed by atoms with Crippen molar-refractivity contribution in [1.29, 1.82) is 0 Å². The Labute approximate surface area is 170 Å². The largest absolute Gasteiger partial charge is 0.481 e. The highest BCUT2D eigenvalue weighted by molar-refractivity contribution is 7.53. The minimum Gasteiger partial charge on any atom is -0.481 e. The molecule has 0 heterocycles. The number of aliphatic hydroxyl groups excluding tert-OH is 1. The van der Waals surface area contributed by atoms with Gasteiger partial charge in [-0.25, -0.2) is 0 Å². The van der Waals surface area contributed by atoms with Gasteiger partial charge in [-0.05, 0) is 49.8 Å². The van der Waals surface area contributed by atoms with Crippen molar-refractivity contribution in [3.8, 4) is 5.75 Å². The summed E-state index contributed by atoms with van der Waals surface area (Å²) >= 11 is 0. The van der Waals surface area contributed by atoms with E-state index in [0.29, 0.717) is 24.9 Å². The molecule has 0 radical (unpaired) electrons. The van der Waals surface area contributed by atoms with E-state index in [0.717, 1.165) is 24.8 Å². The van der Waals surface area contributed by atoms with Crippen molar-refractivity contribution in [2.24, 2.45) is 11.8 Å². The van der Waals surface area contributed by atoms with E-state index < -0.39 is 7.60 Å². The highest BCUT2D eigenvalue weighted by atomic mass is 31.2. The third-order valence-corrected chi connectivity index (χ3v) is 6.60. The van der Waals surface area contributed by atoms with Gasteiger partial charge in [0.05, 0.1) is 19.3 Å². The van der Waals surface area contributed by atoms with Gasteiger partial charge in [-0.3, -0.25) is 4.57 Å². The summed E-state index contributed by atoms with van der Waals surface area (Å²) in [5, 5.41) is 10.4. The first-order valence-corrected chi connectivity index (χ1v) is 12.1. The average Bonchev–Trinajstić information content (AvgIpc) is 2.68. The van der Waals surface area contributed by atoms with Crippen LogP contribution >= 0.6 is 7.60 Å². The first-order chi connectivity index (χ1) is 13.4. The lowest BCUT2D eigenvalue weighted by Gasteiger charge is -2.25. The zero-order valence-electron chi connectivity index (χ0n) is 18.0. The molecular weight excluding hydrogens is 375 g/mol. The van der Waals surface area contributed by atoms with Crippen LogP contribution in [0.15, 0.2) is 30.3 Å². The average molecular weight is 413 g/mol. The second-order valence-corrected chi connectivity index (χ2v) is 8.97. The van der Waals surface area contributed by atoms with Gasteiger partial charge in [0, 0.05) is 0 Å². The van der Waals surface area contributed by atoms with Crippen molar-refractivity contribution < 1.29 is 23.5 Å². The summed E-state index contributed by atoms with van der Waals surface area (Å²) in [5.41, 5.74) is 1.05. The SMILES string of the molecule is CCOP(=O)(COc1ccc(/C=C/C[C@@H](C)[C@@H](O)C(CC)CC)cc1)OCC. The van der Waals surface area contributed by atoms with Crippen LogP contribution in [0.4, 0.5) is 0 Å². The number of hydrogen-bond acceptors (Lipinski definition) is 5. The second kappa shape index (κ2) is 13.2. The Morgan fingerprint density at radius 1 is 1.04 bits per heavy atom. The third-order valence-electron chi connectivity index (χ3n) is 4.85. The Kier molecular flexibility index (Phi) is 11.7. The van der Waals surface area contributed by atoms with Crippen LogP contribution < -0.4 is 4.74 Å². The van der Waals surface area contributed by atoms with Gasteiger partial charge in [0.25, 0.3) is 0 Å². The van der Waals surface area contributed by atoms with Crippen LogP contribution in [0.2, 0.25) is 0 Å². The summed E-state index contributed by atoms with van der Waals surface area (Å²) in [5.74, 6) is 1.22. The molecule has 0 aliphatic rings. The molecule has 160 valence electrons. The zero-order chi connectivity index (χ0) is 21.0. The van der Waals surface area contributed by atoms with Gasteiger partial charge in [-0.1, -0.05) is 57.9 Å². The molecule has 2 atom stereocenters. The van der Waals surface area contributed by atoms with E-state index in [1.807, 2.05) is 30.3 Å². The number of benzene rings is 1. The first kappa shape index (κ1) is 24.9. The van der Waals surface area contributed by atoms with Crippen molar-refractivity contribution >= 4 is 13.7 Å². The predicted molar refractivity (Wildman–Crippen MR) is 116 cm³/mol. The highest BCUT2D eigenvalue weighted by Gasteiger charge is 2.24. The molecule has 0 aliphatic heterocycles. The van der Waals surface area contributed by atoms with Crippen LogP contribution in [0.1, 0.15) is 59.4 Å². The third kappa shape index (κ3) is 8.48. The maximum Gasteiger partial charge on any atom is 0.367 e. The second-order valence-electron chi connectivity index (χ2n) is 6.97. The molecule has 0 aromatic heterocycles. The standard InChI is InChI=1S/C22H37O5P/c1-6-20(7-2)22(23)18(5)11-10-12-19-13-15-21(16-14-19)25-17-28(24,26-8-3)27-9-4/h10,12-16,18,20,22-23H,6-9,11,17H2,1-5H3/b12-10+/t18-,22-/m1/s1. The van der Waals surface area contributed by atoms with Crippen LogP contribution in [-0.4, -0.2) is 30.8 Å². The summed E-state index contributed by atoms with van der Waals surface area (Å²) in [6.07, 6.45) is 6.63. The summed E-state index contributed by atoms with van der Waals surface area (Å²) in [6.45, 7) is 10.5. The van der Waals surface area contributed by atoms with Crippen LogP contribution in [0, 0.1) is 11.8 Å². The van der Waals surface area contributed by atoms with Crippen molar-refractivity contribution in [1.82, 2.24) is 0 Å². The molecule has 28 heavy (non-hydrogen) atoms. The van der Waals surface area contributed by atoms with Crippen molar-refractivity contribution in [3.63, 3.8) is 0 Å². The van der Waals surface area contributed by atoms with E-state index in [1.165, 1.54) is 0 Å². The van der Waals surface area contributed by atoms with E-state index in [9.17, 15) is 9.67 Å². The topological polar surface area (TPSA) is 65.0 Å². The lowest BCUT2D eigenvalue weighted by Crippen LogP contribution is -2.26. The highest BCUT2D eigenvalue weighted by Crippen LogP contribution is 2.47. The zero-order valence-corrected chi connectivity index (χ0v) is 18.9. The maximum absolute atomic E-state index is 12.4. The van der Waals surface area contributed by atoms with E-state index in [2.05, 4.69) is 26.8 Å². The summed E-state index contributed by atoms with van der Waals surface area (Å²) < 4.78 is 28.4. The van der Waals surface area contributed by atoms with Gasteiger partial charge in [-0.2, -0.15) is 0 Å². The molecule has 0 saturated carbocycles. The Hall–Kier alpha value is -1.13. The van der Waals surface area contributed by atoms with Crippen molar-refractivity contribution in [2.75, 3.05) is 19.6 Å².